The Labute approximate surface area is 191 Å². The van der Waals surface area contributed by atoms with Crippen LogP contribution in [0.15, 0.2) is 47.6 Å². The summed E-state index contributed by atoms with van der Waals surface area (Å²) in [5.74, 6) is -1.08. The topological polar surface area (TPSA) is 169 Å². The molecule has 1 saturated heterocycles. The number of aromatic nitrogens is 1. The number of amides is 3. The van der Waals surface area contributed by atoms with Crippen molar-refractivity contribution in [3.8, 4) is 0 Å². The fourth-order valence-electron chi connectivity index (χ4n) is 3.84. The molecular formula is C18H16F3N5O6S2. The van der Waals surface area contributed by atoms with Crippen molar-refractivity contribution < 1.29 is 39.6 Å². The van der Waals surface area contributed by atoms with Crippen LogP contribution in [-0.4, -0.2) is 44.8 Å². The van der Waals surface area contributed by atoms with Crippen molar-refractivity contribution in [2.45, 2.75) is 28.8 Å². The van der Waals surface area contributed by atoms with Crippen molar-refractivity contribution in [3.63, 3.8) is 0 Å². The van der Waals surface area contributed by atoms with E-state index < -0.39 is 53.8 Å². The number of carbonyl (C=O) groups is 2. The van der Waals surface area contributed by atoms with E-state index in [0.29, 0.717) is 17.7 Å². The highest BCUT2D eigenvalue weighted by molar-refractivity contribution is 7.92. The first kappa shape index (κ1) is 23.9. The van der Waals surface area contributed by atoms with E-state index in [1.165, 1.54) is 18.5 Å². The molecule has 0 bridgehead atoms. The summed E-state index contributed by atoms with van der Waals surface area (Å²) in [7, 11) is -9.66. The molecule has 11 nitrogen and oxygen atoms in total. The van der Waals surface area contributed by atoms with Crippen molar-refractivity contribution in [1.29, 1.82) is 0 Å². The number of alkyl halides is 3. The molecule has 1 aromatic heterocycles. The van der Waals surface area contributed by atoms with Crippen molar-refractivity contribution in [2.24, 2.45) is 11.1 Å². The first-order chi connectivity index (χ1) is 15.7. The number of halogens is 3. The van der Waals surface area contributed by atoms with Crippen LogP contribution < -0.4 is 20.1 Å². The number of pyridine rings is 1. The number of nitrogens with two attached hydrogens (primary N) is 1. The van der Waals surface area contributed by atoms with Gasteiger partial charge in [-0.15, -0.1) is 0 Å². The molecule has 2 aliphatic rings. The summed E-state index contributed by atoms with van der Waals surface area (Å²) < 4.78 is 86.1. The van der Waals surface area contributed by atoms with E-state index in [1.807, 2.05) is 0 Å². The SMILES string of the molecule is NS(=O)(=O)Nc1cnccc1CC1CC12NC(=O)N(c1ccc(S(=O)(=O)C(F)(F)F)cc1)C2=O. The molecule has 182 valence electrons. The molecule has 1 aliphatic carbocycles. The Hall–Kier alpha value is -3.24. The second-order valence-electron chi connectivity index (χ2n) is 7.77. The maximum atomic E-state index is 13.1. The predicted octanol–water partition coefficient (Wildman–Crippen LogP) is 1.05. The smallest absolute Gasteiger partial charge is 0.322 e. The summed E-state index contributed by atoms with van der Waals surface area (Å²) in [5, 5.41) is 7.57. The second kappa shape index (κ2) is 7.64. The number of sulfone groups is 1. The van der Waals surface area contributed by atoms with Gasteiger partial charge in [0.25, 0.3) is 26.0 Å². The number of urea groups is 1. The monoisotopic (exact) mass is 519 g/mol. The van der Waals surface area contributed by atoms with E-state index in [-0.39, 0.29) is 24.2 Å². The molecule has 2 heterocycles. The first-order valence-electron chi connectivity index (χ1n) is 9.47. The van der Waals surface area contributed by atoms with E-state index in [2.05, 4.69) is 15.0 Å². The molecule has 16 heteroatoms. The number of hydrogen-bond donors (Lipinski definition) is 3. The summed E-state index contributed by atoms with van der Waals surface area (Å²) in [6.45, 7) is 0. The summed E-state index contributed by atoms with van der Waals surface area (Å²) in [4.78, 5) is 29.1. The van der Waals surface area contributed by atoms with Gasteiger partial charge in [-0.05, 0) is 54.7 Å². The standard InChI is InChI=1S/C18H16F3N5O6S2/c19-18(20,21)33(29,30)13-3-1-12(2-4-13)26-15(27)17(24-16(26)28)8-11(17)7-10-5-6-23-9-14(10)25-34(22,31)32/h1-6,9,11,25H,7-8H2,(H,24,28)(H2,22,31,32). The van der Waals surface area contributed by atoms with Crippen LogP contribution in [0.2, 0.25) is 0 Å². The molecule has 2 atom stereocenters. The van der Waals surface area contributed by atoms with Crippen molar-refractivity contribution in [1.82, 2.24) is 10.3 Å². The highest BCUT2D eigenvalue weighted by Gasteiger charge is 2.67. The minimum absolute atomic E-state index is 0.105. The Morgan fingerprint density at radius 3 is 2.38 bits per heavy atom. The lowest BCUT2D eigenvalue weighted by atomic mass is 10.0. The Kier molecular flexibility index (Phi) is 5.37. The molecule has 3 amide bonds. The molecule has 2 unspecified atom stereocenters. The van der Waals surface area contributed by atoms with Crippen LogP contribution in [0.3, 0.4) is 0 Å². The van der Waals surface area contributed by atoms with Gasteiger partial charge in [-0.2, -0.15) is 21.6 Å². The van der Waals surface area contributed by atoms with Crippen LogP contribution in [0, 0.1) is 5.92 Å². The van der Waals surface area contributed by atoms with Crippen LogP contribution in [0.4, 0.5) is 29.3 Å². The average molecular weight is 519 g/mol. The number of nitrogens with one attached hydrogen (secondary N) is 2. The number of benzene rings is 1. The van der Waals surface area contributed by atoms with Crippen molar-refractivity contribution in [2.75, 3.05) is 9.62 Å². The molecule has 2 aromatic rings. The second-order valence-corrected chi connectivity index (χ2v) is 11.0. The Morgan fingerprint density at radius 1 is 1.15 bits per heavy atom. The van der Waals surface area contributed by atoms with Crippen LogP contribution >= 0.6 is 0 Å². The van der Waals surface area contributed by atoms with Gasteiger partial charge >= 0.3 is 11.5 Å². The van der Waals surface area contributed by atoms with Crippen LogP contribution in [0.25, 0.3) is 0 Å². The van der Waals surface area contributed by atoms with Gasteiger partial charge in [0.1, 0.15) is 5.54 Å². The zero-order valence-corrected chi connectivity index (χ0v) is 18.5. The molecule has 0 radical (unpaired) electrons. The minimum Gasteiger partial charge on any atom is -0.322 e. The Balaban J connectivity index is 1.54. The van der Waals surface area contributed by atoms with Gasteiger partial charge < -0.3 is 5.32 Å². The first-order valence-corrected chi connectivity index (χ1v) is 12.5. The number of nitrogens with zero attached hydrogens (tertiary/aromatic N) is 2. The number of rotatable bonds is 6. The third kappa shape index (κ3) is 4.07. The average Bonchev–Trinajstić information content (AvgIpc) is 3.34. The molecule has 34 heavy (non-hydrogen) atoms. The summed E-state index contributed by atoms with van der Waals surface area (Å²) in [5.41, 5.74) is -6.29. The van der Waals surface area contributed by atoms with Crippen molar-refractivity contribution >= 4 is 43.4 Å². The van der Waals surface area contributed by atoms with Crippen LogP contribution in [-0.2, 0) is 31.3 Å². The molecule has 1 aromatic carbocycles. The zero-order valence-electron chi connectivity index (χ0n) is 16.9. The highest BCUT2D eigenvalue weighted by Crippen LogP contribution is 2.50. The van der Waals surface area contributed by atoms with E-state index in [1.54, 1.807) is 0 Å². The predicted molar refractivity (Wildman–Crippen MR) is 111 cm³/mol. The fourth-order valence-corrected chi connectivity index (χ4v) is 5.09. The summed E-state index contributed by atoms with van der Waals surface area (Å²) in [6.07, 6.45) is 3.07. The van der Waals surface area contributed by atoms with E-state index >= 15 is 0 Å². The molecular weight excluding hydrogens is 503 g/mol. The third-order valence-corrected chi connectivity index (χ3v) is 7.57. The van der Waals surface area contributed by atoms with Crippen molar-refractivity contribution in [3.05, 3.63) is 48.3 Å². The third-order valence-electron chi connectivity index (χ3n) is 5.56. The van der Waals surface area contributed by atoms with Gasteiger partial charge in [-0.1, -0.05) is 0 Å². The summed E-state index contributed by atoms with van der Waals surface area (Å²) in [6, 6.07) is 3.90. The largest absolute Gasteiger partial charge is 0.501 e. The molecule has 4 N–H and O–H groups in total. The lowest BCUT2D eigenvalue weighted by molar-refractivity contribution is -0.119. The summed E-state index contributed by atoms with van der Waals surface area (Å²) >= 11 is 0. The molecule has 4 rings (SSSR count). The van der Waals surface area contributed by atoms with E-state index in [4.69, 9.17) is 5.14 Å². The van der Waals surface area contributed by atoms with Gasteiger partial charge in [0, 0.05) is 6.20 Å². The number of carbonyl (C=O) groups excluding carboxylic acids is 2. The van der Waals surface area contributed by atoms with E-state index in [0.717, 1.165) is 17.0 Å². The fraction of sp³-hybridized carbons (Fsp3) is 0.278. The number of hydrogen-bond acceptors (Lipinski definition) is 7. The normalized spacial score (nSPS) is 22.7. The zero-order chi connectivity index (χ0) is 25.1. The lowest BCUT2D eigenvalue weighted by Gasteiger charge is -2.15. The molecule has 2 fully saturated rings. The van der Waals surface area contributed by atoms with Gasteiger partial charge in [0.2, 0.25) is 0 Å². The minimum atomic E-state index is -5.58. The Bertz CT molecular complexity index is 1400. The maximum Gasteiger partial charge on any atom is 0.501 e. The van der Waals surface area contributed by atoms with Gasteiger partial charge in [-0.3, -0.25) is 14.5 Å². The lowest BCUT2D eigenvalue weighted by Crippen LogP contribution is -2.35. The van der Waals surface area contributed by atoms with Crippen LogP contribution in [0.1, 0.15) is 12.0 Å². The molecule has 1 aliphatic heterocycles. The number of imide groups is 1. The molecule has 1 spiro atoms. The van der Waals surface area contributed by atoms with Gasteiger partial charge in [0.15, 0.2) is 0 Å². The van der Waals surface area contributed by atoms with Gasteiger partial charge in [0.05, 0.1) is 22.5 Å². The van der Waals surface area contributed by atoms with Gasteiger partial charge in [-0.25, -0.2) is 23.3 Å². The Morgan fingerprint density at radius 2 is 1.79 bits per heavy atom. The highest BCUT2D eigenvalue weighted by atomic mass is 32.2. The quantitative estimate of drug-likeness (QED) is 0.479. The van der Waals surface area contributed by atoms with E-state index in [9.17, 15) is 39.6 Å². The number of anilines is 2. The maximum absolute atomic E-state index is 13.1. The van der Waals surface area contributed by atoms with Crippen LogP contribution in [0.5, 0.6) is 0 Å². The molecule has 1 saturated carbocycles.